The summed E-state index contributed by atoms with van der Waals surface area (Å²) < 4.78 is 4.01. The average Bonchev–Trinajstić information content (AvgIpc) is 2.46. The Morgan fingerprint density at radius 2 is 2.29 bits per heavy atom. The molecule has 0 aromatic carbocycles. The summed E-state index contributed by atoms with van der Waals surface area (Å²) in [4.78, 5) is 2.06. The van der Waals surface area contributed by atoms with Crippen LogP contribution in [0.15, 0.2) is 6.07 Å². The van der Waals surface area contributed by atoms with Crippen LogP contribution in [-0.2, 0) is 0 Å². The number of nitrogens with two attached hydrogens (primary N) is 1. The molecule has 80 valence electrons. The quantitative estimate of drug-likeness (QED) is 0.795. The molecule has 4 nitrogen and oxygen atoms in total. The van der Waals surface area contributed by atoms with Crippen LogP contribution in [0.25, 0.3) is 0 Å². The first-order chi connectivity index (χ1) is 6.42. The molecular weight excluding hydrogens is 198 g/mol. The van der Waals surface area contributed by atoms with Crippen molar-refractivity contribution in [1.82, 2.24) is 4.37 Å². The van der Waals surface area contributed by atoms with Crippen LogP contribution in [0.5, 0.6) is 0 Å². The lowest BCUT2D eigenvalue weighted by Gasteiger charge is -2.28. The van der Waals surface area contributed by atoms with E-state index in [1.165, 1.54) is 11.5 Å². The van der Waals surface area contributed by atoms with E-state index in [1.54, 1.807) is 13.8 Å². The first-order valence-corrected chi connectivity index (χ1v) is 5.39. The highest BCUT2D eigenvalue weighted by Crippen LogP contribution is 2.24. The number of nitrogens with zero attached hydrogens (tertiary/aromatic N) is 2. The van der Waals surface area contributed by atoms with Crippen LogP contribution >= 0.6 is 11.5 Å². The van der Waals surface area contributed by atoms with Gasteiger partial charge < -0.3 is 15.7 Å². The Balaban J connectivity index is 2.72. The molecule has 0 fully saturated rings. The summed E-state index contributed by atoms with van der Waals surface area (Å²) in [5, 5.41) is 10.7. The Kier molecular flexibility index (Phi) is 3.34. The van der Waals surface area contributed by atoms with Crippen LogP contribution < -0.4 is 10.6 Å². The molecule has 0 aliphatic carbocycles. The number of rotatable bonds is 4. The maximum atomic E-state index is 9.70. The summed E-state index contributed by atoms with van der Waals surface area (Å²) in [7, 11) is 0. The zero-order chi connectivity index (χ0) is 10.8. The molecule has 0 saturated heterocycles. The fourth-order valence-electron chi connectivity index (χ4n) is 1.24. The number of aliphatic hydroxyl groups is 1. The van der Waals surface area contributed by atoms with Crippen molar-refractivity contribution in [3.8, 4) is 0 Å². The molecule has 5 heteroatoms. The van der Waals surface area contributed by atoms with Crippen molar-refractivity contribution in [2.24, 2.45) is 0 Å². The first kappa shape index (κ1) is 11.3. The van der Waals surface area contributed by atoms with Gasteiger partial charge in [-0.1, -0.05) is 0 Å². The van der Waals surface area contributed by atoms with Crippen molar-refractivity contribution in [3.05, 3.63) is 6.07 Å². The zero-order valence-electron chi connectivity index (χ0n) is 8.82. The van der Waals surface area contributed by atoms with Crippen LogP contribution in [0, 0.1) is 0 Å². The molecule has 0 unspecified atom stereocenters. The molecule has 0 saturated carbocycles. The minimum absolute atomic E-state index is 0.541. The molecule has 0 amide bonds. The molecule has 0 bridgehead atoms. The summed E-state index contributed by atoms with van der Waals surface area (Å²) in [6.45, 7) is 7.05. The van der Waals surface area contributed by atoms with E-state index in [1.807, 2.05) is 13.0 Å². The minimum atomic E-state index is -0.700. The Morgan fingerprint density at radius 3 is 2.64 bits per heavy atom. The number of aromatic nitrogens is 1. The van der Waals surface area contributed by atoms with Crippen LogP contribution in [0.4, 0.5) is 10.8 Å². The van der Waals surface area contributed by atoms with E-state index in [0.29, 0.717) is 12.4 Å². The van der Waals surface area contributed by atoms with Gasteiger partial charge in [-0.15, -0.1) is 0 Å². The molecule has 1 aromatic rings. The van der Waals surface area contributed by atoms with Gasteiger partial charge in [-0.25, -0.2) is 0 Å². The summed E-state index contributed by atoms with van der Waals surface area (Å²) in [6, 6.07) is 1.83. The van der Waals surface area contributed by atoms with Gasteiger partial charge in [-0.05, 0) is 32.3 Å². The van der Waals surface area contributed by atoms with Crippen LogP contribution in [0.2, 0.25) is 0 Å². The number of nitrogen functional groups attached to an aromatic ring is 1. The number of hydrogen-bond acceptors (Lipinski definition) is 5. The average molecular weight is 215 g/mol. The first-order valence-electron chi connectivity index (χ1n) is 4.62. The lowest BCUT2D eigenvalue weighted by Crippen LogP contribution is -2.38. The molecule has 14 heavy (non-hydrogen) atoms. The maximum Gasteiger partial charge on any atom is 0.139 e. The fourth-order valence-corrected chi connectivity index (χ4v) is 1.97. The van der Waals surface area contributed by atoms with Gasteiger partial charge >= 0.3 is 0 Å². The predicted molar refractivity (Wildman–Crippen MR) is 60.7 cm³/mol. The van der Waals surface area contributed by atoms with Gasteiger partial charge in [0.25, 0.3) is 0 Å². The smallest absolute Gasteiger partial charge is 0.139 e. The molecule has 0 radical (unpaired) electrons. The molecule has 1 aromatic heterocycles. The third-order valence-corrected chi connectivity index (χ3v) is 2.65. The SMILES string of the molecule is CCN(CC(C)(C)O)c1cc(N)ns1. The second-order valence-electron chi connectivity index (χ2n) is 3.92. The molecule has 1 rings (SSSR count). The Hall–Kier alpha value is -0.810. The predicted octanol–water partition coefficient (Wildman–Crippen LogP) is 1.32. The van der Waals surface area contributed by atoms with E-state index < -0.39 is 5.60 Å². The lowest BCUT2D eigenvalue weighted by atomic mass is 10.1. The molecule has 0 spiro atoms. The molecule has 0 aliphatic heterocycles. The number of likely N-dealkylation sites (N-methyl/N-ethyl adjacent to an activating group) is 1. The van der Waals surface area contributed by atoms with Crippen LogP contribution in [-0.4, -0.2) is 28.2 Å². The van der Waals surface area contributed by atoms with E-state index in [2.05, 4.69) is 9.27 Å². The highest BCUT2D eigenvalue weighted by molar-refractivity contribution is 7.10. The van der Waals surface area contributed by atoms with Gasteiger partial charge in [0.05, 0.1) is 5.60 Å². The van der Waals surface area contributed by atoms with Crippen molar-refractivity contribution in [2.45, 2.75) is 26.4 Å². The Morgan fingerprint density at radius 1 is 1.64 bits per heavy atom. The van der Waals surface area contributed by atoms with Crippen molar-refractivity contribution in [1.29, 1.82) is 0 Å². The number of hydrogen-bond donors (Lipinski definition) is 2. The van der Waals surface area contributed by atoms with Crippen molar-refractivity contribution in [3.63, 3.8) is 0 Å². The lowest BCUT2D eigenvalue weighted by molar-refractivity contribution is 0.0877. The molecular formula is C9H17N3OS. The maximum absolute atomic E-state index is 9.70. The molecule has 0 atom stereocenters. The summed E-state index contributed by atoms with van der Waals surface area (Å²) in [5.74, 6) is 0.541. The van der Waals surface area contributed by atoms with Crippen LogP contribution in [0.3, 0.4) is 0 Å². The van der Waals surface area contributed by atoms with Gasteiger partial charge in [0, 0.05) is 19.2 Å². The summed E-state index contributed by atoms with van der Waals surface area (Å²) in [5.41, 5.74) is 4.85. The second-order valence-corrected chi connectivity index (χ2v) is 4.70. The topological polar surface area (TPSA) is 62.4 Å². The second kappa shape index (κ2) is 4.14. The molecule has 1 heterocycles. The van der Waals surface area contributed by atoms with Gasteiger partial charge in [-0.3, -0.25) is 0 Å². The third kappa shape index (κ3) is 3.16. The van der Waals surface area contributed by atoms with E-state index in [-0.39, 0.29) is 0 Å². The van der Waals surface area contributed by atoms with E-state index in [9.17, 15) is 5.11 Å². The molecule has 0 aliphatic rings. The minimum Gasteiger partial charge on any atom is -0.389 e. The van der Waals surface area contributed by atoms with E-state index in [0.717, 1.165) is 11.5 Å². The summed E-state index contributed by atoms with van der Waals surface area (Å²) >= 11 is 1.36. The third-order valence-electron chi connectivity index (χ3n) is 1.79. The van der Waals surface area contributed by atoms with E-state index in [4.69, 9.17) is 5.73 Å². The zero-order valence-corrected chi connectivity index (χ0v) is 9.64. The van der Waals surface area contributed by atoms with Crippen molar-refractivity contribution in [2.75, 3.05) is 23.7 Å². The van der Waals surface area contributed by atoms with Gasteiger partial charge in [0.1, 0.15) is 10.8 Å². The monoisotopic (exact) mass is 215 g/mol. The van der Waals surface area contributed by atoms with E-state index >= 15 is 0 Å². The highest BCUT2D eigenvalue weighted by Gasteiger charge is 2.18. The van der Waals surface area contributed by atoms with Crippen molar-refractivity contribution < 1.29 is 5.11 Å². The highest BCUT2D eigenvalue weighted by atomic mass is 32.1. The fraction of sp³-hybridized carbons (Fsp3) is 0.667. The Labute approximate surface area is 88.5 Å². The molecule has 3 N–H and O–H groups in total. The summed E-state index contributed by atoms with van der Waals surface area (Å²) in [6.07, 6.45) is 0. The normalized spacial score (nSPS) is 11.7. The van der Waals surface area contributed by atoms with Gasteiger partial charge in [0.15, 0.2) is 0 Å². The Bertz CT molecular complexity index is 292. The van der Waals surface area contributed by atoms with Gasteiger partial charge in [-0.2, -0.15) is 4.37 Å². The van der Waals surface area contributed by atoms with Gasteiger partial charge in [0.2, 0.25) is 0 Å². The number of anilines is 2. The largest absolute Gasteiger partial charge is 0.389 e. The van der Waals surface area contributed by atoms with Crippen molar-refractivity contribution >= 4 is 22.4 Å². The van der Waals surface area contributed by atoms with Crippen LogP contribution in [0.1, 0.15) is 20.8 Å². The standard InChI is InChI=1S/C9H17N3OS/c1-4-12(6-9(2,3)13)8-5-7(10)11-14-8/h5,13H,4,6H2,1-3H3,(H2,10,11).